The van der Waals surface area contributed by atoms with Crippen LogP contribution in [0.25, 0.3) is 22.2 Å². The number of nitrogens with one attached hydrogen (secondary N) is 1. The van der Waals surface area contributed by atoms with Crippen LogP contribution in [0.2, 0.25) is 5.02 Å². The highest BCUT2D eigenvalue weighted by atomic mass is 35.5. The predicted octanol–water partition coefficient (Wildman–Crippen LogP) is 5.40. The third-order valence-electron chi connectivity index (χ3n) is 4.98. The van der Waals surface area contributed by atoms with E-state index in [1.807, 2.05) is 60.9 Å². The zero-order chi connectivity index (χ0) is 22.5. The van der Waals surface area contributed by atoms with E-state index >= 15 is 0 Å². The summed E-state index contributed by atoms with van der Waals surface area (Å²) < 4.78 is 1.98. The molecule has 6 nitrogen and oxygen atoms in total. The van der Waals surface area contributed by atoms with Gasteiger partial charge in [0.15, 0.2) is 11.0 Å². The molecule has 0 bridgehead atoms. The number of carbonyl (C=O) groups is 1. The number of rotatable bonds is 7. The van der Waals surface area contributed by atoms with Crippen LogP contribution in [0.4, 0.5) is 0 Å². The Labute approximate surface area is 195 Å². The van der Waals surface area contributed by atoms with Crippen molar-refractivity contribution in [2.45, 2.75) is 25.5 Å². The maximum Gasteiger partial charge on any atom is 0.250 e. The summed E-state index contributed by atoms with van der Waals surface area (Å²) in [4.78, 5) is 12.4. The van der Waals surface area contributed by atoms with Gasteiger partial charge in [0.05, 0.1) is 11.5 Å². The van der Waals surface area contributed by atoms with Crippen molar-refractivity contribution >= 4 is 45.8 Å². The Bertz CT molecular complexity index is 1280. The SMILES string of the molecule is CCn1c(SCC(=O)N/N=C(/C)c2ccc3ccccc3c2)nnc1-c1ccc(Cl)cc1. The Morgan fingerprint density at radius 2 is 1.81 bits per heavy atom. The smallest absolute Gasteiger partial charge is 0.250 e. The summed E-state index contributed by atoms with van der Waals surface area (Å²) >= 11 is 7.31. The zero-order valence-electron chi connectivity index (χ0n) is 17.7. The highest BCUT2D eigenvalue weighted by Crippen LogP contribution is 2.25. The standard InChI is InChI=1S/C24H22ClN5OS/c1-3-30-23(18-10-12-21(25)13-11-18)28-29-24(30)32-15-22(31)27-26-16(2)19-9-8-17-6-4-5-7-20(17)14-19/h4-14H,3,15H2,1-2H3,(H,27,31)/b26-16-. The normalized spacial score (nSPS) is 11.7. The molecule has 0 spiro atoms. The van der Waals surface area contributed by atoms with Crippen LogP contribution >= 0.6 is 23.4 Å². The minimum absolute atomic E-state index is 0.188. The van der Waals surface area contributed by atoms with E-state index in [0.717, 1.165) is 28.0 Å². The minimum atomic E-state index is -0.200. The first-order valence-electron chi connectivity index (χ1n) is 10.2. The number of amides is 1. The van der Waals surface area contributed by atoms with Crippen molar-refractivity contribution in [2.24, 2.45) is 5.10 Å². The second-order valence-electron chi connectivity index (χ2n) is 7.14. The molecule has 0 fully saturated rings. The van der Waals surface area contributed by atoms with Gasteiger partial charge in [0.1, 0.15) is 0 Å². The fourth-order valence-corrected chi connectivity index (χ4v) is 4.20. The van der Waals surface area contributed by atoms with Crippen LogP contribution in [-0.4, -0.2) is 32.1 Å². The van der Waals surface area contributed by atoms with Crippen molar-refractivity contribution in [3.63, 3.8) is 0 Å². The summed E-state index contributed by atoms with van der Waals surface area (Å²) in [5.74, 6) is 0.735. The maximum absolute atomic E-state index is 12.4. The largest absolute Gasteiger partial charge is 0.302 e. The summed E-state index contributed by atoms with van der Waals surface area (Å²) in [6.07, 6.45) is 0. The van der Waals surface area contributed by atoms with Gasteiger partial charge in [-0.05, 0) is 60.5 Å². The molecule has 4 rings (SSSR count). The second-order valence-corrected chi connectivity index (χ2v) is 8.52. The molecule has 32 heavy (non-hydrogen) atoms. The molecular weight excluding hydrogens is 442 g/mol. The third kappa shape index (κ3) is 5.00. The summed E-state index contributed by atoms with van der Waals surface area (Å²) in [7, 11) is 0. The van der Waals surface area contributed by atoms with Crippen molar-refractivity contribution in [1.29, 1.82) is 0 Å². The molecule has 0 radical (unpaired) electrons. The summed E-state index contributed by atoms with van der Waals surface area (Å²) in [5.41, 5.74) is 5.28. The molecule has 0 aliphatic heterocycles. The van der Waals surface area contributed by atoms with Gasteiger partial charge in [-0.25, -0.2) is 5.43 Å². The molecule has 1 amide bonds. The predicted molar refractivity (Wildman–Crippen MR) is 131 cm³/mol. The van der Waals surface area contributed by atoms with E-state index in [4.69, 9.17) is 11.6 Å². The first kappa shape index (κ1) is 22.0. The van der Waals surface area contributed by atoms with Gasteiger partial charge < -0.3 is 4.57 Å². The van der Waals surface area contributed by atoms with Gasteiger partial charge >= 0.3 is 0 Å². The monoisotopic (exact) mass is 463 g/mol. The van der Waals surface area contributed by atoms with Crippen molar-refractivity contribution in [1.82, 2.24) is 20.2 Å². The molecule has 8 heteroatoms. The fraction of sp³-hybridized carbons (Fsp3) is 0.167. The van der Waals surface area contributed by atoms with Crippen molar-refractivity contribution < 1.29 is 4.79 Å². The molecular formula is C24H22ClN5OS. The number of halogens is 1. The second kappa shape index (κ2) is 9.97. The van der Waals surface area contributed by atoms with E-state index < -0.39 is 0 Å². The molecule has 0 unspecified atom stereocenters. The Morgan fingerprint density at radius 1 is 1.06 bits per heavy atom. The number of nitrogens with zero attached hydrogens (tertiary/aromatic N) is 4. The molecule has 1 aromatic heterocycles. The van der Waals surface area contributed by atoms with Gasteiger partial charge in [-0.1, -0.05) is 59.8 Å². The molecule has 0 atom stereocenters. The van der Waals surface area contributed by atoms with Crippen LogP contribution in [0.15, 0.2) is 77.0 Å². The third-order valence-corrected chi connectivity index (χ3v) is 6.20. The van der Waals surface area contributed by atoms with Crippen LogP contribution in [0.3, 0.4) is 0 Å². The molecule has 0 aliphatic carbocycles. The number of carbonyl (C=O) groups excluding carboxylic acids is 1. The lowest BCUT2D eigenvalue weighted by Gasteiger charge is -2.07. The lowest BCUT2D eigenvalue weighted by atomic mass is 10.0. The van der Waals surface area contributed by atoms with Crippen LogP contribution in [0, 0.1) is 0 Å². The van der Waals surface area contributed by atoms with E-state index in [2.05, 4.69) is 45.0 Å². The van der Waals surface area contributed by atoms with Crippen LogP contribution < -0.4 is 5.43 Å². The number of thioether (sulfide) groups is 1. The first-order chi connectivity index (χ1) is 15.5. The topological polar surface area (TPSA) is 72.2 Å². The lowest BCUT2D eigenvalue weighted by Crippen LogP contribution is -2.21. The van der Waals surface area contributed by atoms with Gasteiger partial charge in [-0.3, -0.25) is 4.79 Å². The highest BCUT2D eigenvalue weighted by molar-refractivity contribution is 7.99. The molecule has 1 N–H and O–H groups in total. The number of benzene rings is 3. The Morgan fingerprint density at radius 3 is 2.56 bits per heavy atom. The van der Waals surface area contributed by atoms with Gasteiger partial charge in [-0.2, -0.15) is 5.10 Å². The van der Waals surface area contributed by atoms with E-state index in [1.54, 1.807) is 0 Å². The quantitative estimate of drug-likeness (QED) is 0.226. The molecule has 3 aromatic carbocycles. The molecule has 0 aliphatic rings. The molecule has 4 aromatic rings. The summed E-state index contributed by atoms with van der Waals surface area (Å²) in [5, 5.41) is 16.5. The van der Waals surface area contributed by atoms with Gasteiger partial charge in [0.25, 0.3) is 5.91 Å². The average molecular weight is 464 g/mol. The van der Waals surface area contributed by atoms with Crippen LogP contribution in [0.5, 0.6) is 0 Å². The fourth-order valence-electron chi connectivity index (χ4n) is 3.28. The highest BCUT2D eigenvalue weighted by Gasteiger charge is 2.14. The Kier molecular flexibility index (Phi) is 6.87. The van der Waals surface area contributed by atoms with E-state index in [0.29, 0.717) is 16.7 Å². The van der Waals surface area contributed by atoms with Gasteiger partial charge in [0, 0.05) is 17.1 Å². The van der Waals surface area contributed by atoms with Gasteiger partial charge in [-0.15, -0.1) is 10.2 Å². The number of fused-ring (bicyclic) bond motifs is 1. The van der Waals surface area contributed by atoms with Crippen molar-refractivity contribution in [3.05, 3.63) is 77.3 Å². The minimum Gasteiger partial charge on any atom is -0.302 e. The average Bonchev–Trinajstić information content (AvgIpc) is 3.24. The van der Waals surface area contributed by atoms with Crippen molar-refractivity contribution in [2.75, 3.05) is 5.75 Å². The number of hydrogen-bond acceptors (Lipinski definition) is 5. The van der Waals surface area contributed by atoms with E-state index in [1.165, 1.54) is 17.1 Å². The van der Waals surface area contributed by atoms with Crippen LogP contribution in [-0.2, 0) is 11.3 Å². The van der Waals surface area contributed by atoms with Crippen molar-refractivity contribution in [3.8, 4) is 11.4 Å². The number of hydrogen-bond donors (Lipinski definition) is 1. The first-order valence-corrected chi connectivity index (χ1v) is 11.6. The van der Waals surface area contributed by atoms with Gasteiger partial charge in [0.2, 0.25) is 0 Å². The lowest BCUT2D eigenvalue weighted by molar-refractivity contribution is -0.118. The Balaban J connectivity index is 1.39. The molecule has 162 valence electrons. The summed E-state index contributed by atoms with van der Waals surface area (Å²) in [6, 6.07) is 21.7. The maximum atomic E-state index is 12.4. The molecule has 0 saturated heterocycles. The zero-order valence-corrected chi connectivity index (χ0v) is 19.3. The van der Waals surface area contributed by atoms with E-state index in [-0.39, 0.29) is 11.7 Å². The van der Waals surface area contributed by atoms with E-state index in [9.17, 15) is 4.79 Å². The number of aromatic nitrogens is 3. The molecule has 0 saturated carbocycles. The number of hydrazone groups is 1. The Hall–Kier alpha value is -3.16. The summed E-state index contributed by atoms with van der Waals surface area (Å²) in [6.45, 7) is 4.59. The van der Waals surface area contributed by atoms with Crippen LogP contribution in [0.1, 0.15) is 19.4 Å². The molecule has 1 heterocycles.